The second kappa shape index (κ2) is 16.1. The van der Waals surface area contributed by atoms with E-state index in [0.29, 0.717) is 0 Å². The molecule has 74 heavy (non-hydrogen) atoms. The summed E-state index contributed by atoms with van der Waals surface area (Å²) < 4.78 is 2.48. The van der Waals surface area contributed by atoms with E-state index in [9.17, 15) is 0 Å². The predicted molar refractivity (Wildman–Crippen MR) is 311 cm³/mol. The number of benzene rings is 12. The van der Waals surface area contributed by atoms with Crippen molar-refractivity contribution in [2.45, 2.75) is 24.7 Å². The van der Waals surface area contributed by atoms with Gasteiger partial charge in [0.1, 0.15) is 0 Å². The normalized spacial score (nSPS) is 13.8. The van der Waals surface area contributed by atoms with Crippen LogP contribution in [0.5, 0.6) is 0 Å². The van der Waals surface area contributed by atoms with Crippen LogP contribution >= 0.6 is 0 Å². The van der Waals surface area contributed by atoms with E-state index in [4.69, 9.17) is 0 Å². The molecule has 1 heterocycles. The smallest absolute Gasteiger partial charge is 0.0714 e. The second-order valence-corrected chi connectivity index (χ2v) is 20.8. The molecule has 15 rings (SSSR count). The Labute approximate surface area is 431 Å². The Hall–Kier alpha value is -9.24. The quantitative estimate of drug-likeness (QED) is 0.155. The van der Waals surface area contributed by atoms with Gasteiger partial charge in [-0.25, -0.2) is 0 Å². The van der Waals surface area contributed by atoms with Crippen LogP contribution in [0.3, 0.4) is 0 Å². The molecule has 0 radical (unpaired) electrons. The van der Waals surface area contributed by atoms with Gasteiger partial charge in [0.25, 0.3) is 0 Å². The van der Waals surface area contributed by atoms with Crippen LogP contribution in [0, 0.1) is 0 Å². The largest absolute Gasteiger partial charge is 0.310 e. The molecule has 2 heteroatoms. The fourth-order valence-corrected chi connectivity index (χ4v) is 13.2. The fourth-order valence-electron chi connectivity index (χ4n) is 13.2. The molecule has 2 nitrogen and oxygen atoms in total. The number of hydrogen-bond donors (Lipinski definition) is 0. The Morgan fingerprint density at radius 1 is 0.324 bits per heavy atom. The van der Waals surface area contributed by atoms with Crippen LogP contribution in [0.4, 0.5) is 17.1 Å². The standard InChI is InChI=1S/C72H50N2/c1-71(2)65-44-51(33-38-59(65)60-39-36-55(45-66(60)71)73(54-35-32-47-18-9-10-20-49(47)42-54)68-31-17-21-48-19-11-12-26-57(48)68)50-34-41-70-63(43-50)62-28-14-16-30-69(62)74(70)56-37-40-61-58-27-13-15-29-64(58)72(67(61)46-56,52-22-5-3-6-23-52)53-24-7-4-8-25-53/h3-46H,1-2H3. The van der Waals surface area contributed by atoms with Crippen molar-refractivity contribution in [3.63, 3.8) is 0 Å². The molecule has 0 spiro atoms. The monoisotopic (exact) mass is 942 g/mol. The first-order valence-electron chi connectivity index (χ1n) is 25.9. The maximum absolute atomic E-state index is 2.48. The molecule has 348 valence electrons. The van der Waals surface area contributed by atoms with E-state index in [0.717, 1.165) is 17.1 Å². The van der Waals surface area contributed by atoms with Gasteiger partial charge in [0.2, 0.25) is 0 Å². The number of rotatable bonds is 7. The molecule has 0 N–H and O–H groups in total. The lowest BCUT2D eigenvalue weighted by Gasteiger charge is -2.34. The minimum Gasteiger partial charge on any atom is -0.310 e. The van der Waals surface area contributed by atoms with Crippen molar-refractivity contribution in [2.24, 2.45) is 0 Å². The Morgan fingerprint density at radius 3 is 1.69 bits per heavy atom. The Balaban J connectivity index is 0.841. The van der Waals surface area contributed by atoms with Gasteiger partial charge in [0.05, 0.1) is 22.1 Å². The number of para-hydroxylation sites is 1. The average molecular weight is 943 g/mol. The third-order valence-electron chi connectivity index (χ3n) is 16.6. The molecule has 1 aromatic heterocycles. The van der Waals surface area contributed by atoms with Gasteiger partial charge in [-0.15, -0.1) is 0 Å². The van der Waals surface area contributed by atoms with Gasteiger partial charge in [-0.3, -0.25) is 0 Å². The van der Waals surface area contributed by atoms with Gasteiger partial charge >= 0.3 is 0 Å². The summed E-state index contributed by atoms with van der Waals surface area (Å²) in [6, 6.07) is 99.6. The number of anilines is 3. The Morgan fingerprint density at radius 2 is 0.878 bits per heavy atom. The van der Waals surface area contributed by atoms with Crippen LogP contribution in [-0.4, -0.2) is 4.57 Å². The number of fused-ring (bicyclic) bond motifs is 11. The van der Waals surface area contributed by atoms with Crippen LogP contribution < -0.4 is 4.90 Å². The summed E-state index contributed by atoms with van der Waals surface area (Å²) in [6.07, 6.45) is 0. The van der Waals surface area contributed by atoms with Crippen LogP contribution in [0.25, 0.3) is 82.4 Å². The summed E-state index contributed by atoms with van der Waals surface area (Å²) in [7, 11) is 0. The lowest BCUT2D eigenvalue weighted by Crippen LogP contribution is -2.28. The highest BCUT2D eigenvalue weighted by molar-refractivity contribution is 6.11. The molecule has 13 aromatic rings. The van der Waals surface area contributed by atoms with E-state index in [1.54, 1.807) is 0 Å². The molecule has 0 fully saturated rings. The summed E-state index contributed by atoms with van der Waals surface area (Å²) in [5.41, 5.74) is 21.8. The fraction of sp³-hybridized carbons (Fsp3) is 0.0556. The van der Waals surface area contributed by atoms with Crippen molar-refractivity contribution in [2.75, 3.05) is 4.90 Å². The molecule has 0 aliphatic heterocycles. The van der Waals surface area contributed by atoms with Crippen molar-refractivity contribution in [3.05, 3.63) is 300 Å². The number of nitrogens with zero attached hydrogens (tertiary/aromatic N) is 2. The minimum atomic E-state index is -0.480. The van der Waals surface area contributed by atoms with Gasteiger partial charge in [0, 0.05) is 38.6 Å². The van der Waals surface area contributed by atoms with Crippen LogP contribution in [0.15, 0.2) is 267 Å². The lowest BCUT2D eigenvalue weighted by molar-refractivity contribution is 0.660. The van der Waals surface area contributed by atoms with Crippen molar-refractivity contribution in [3.8, 4) is 39.1 Å². The highest BCUT2D eigenvalue weighted by atomic mass is 15.1. The van der Waals surface area contributed by atoms with Gasteiger partial charge in [0.15, 0.2) is 0 Å². The Bertz CT molecular complexity index is 4360. The minimum absolute atomic E-state index is 0.243. The molecule has 0 amide bonds. The van der Waals surface area contributed by atoms with E-state index in [1.165, 1.54) is 116 Å². The lowest BCUT2D eigenvalue weighted by atomic mass is 9.67. The summed E-state index contributed by atoms with van der Waals surface area (Å²) >= 11 is 0. The van der Waals surface area contributed by atoms with E-state index in [2.05, 4.69) is 290 Å². The third-order valence-corrected chi connectivity index (χ3v) is 16.6. The maximum atomic E-state index is 2.48. The van der Waals surface area contributed by atoms with Gasteiger partial charge < -0.3 is 9.47 Å². The van der Waals surface area contributed by atoms with Crippen LogP contribution in [0.2, 0.25) is 0 Å². The zero-order valence-corrected chi connectivity index (χ0v) is 41.3. The van der Waals surface area contributed by atoms with E-state index < -0.39 is 5.41 Å². The Kier molecular flexibility index (Phi) is 9.25. The highest BCUT2D eigenvalue weighted by Gasteiger charge is 2.46. The van der Waals surface area contributed by atoms with E-state index in [-0.39, 0.29) is 5.41 Å². The van der Waals surface area contributed by atoms with Crippen molar-refractivity contribution >= 4 is 60.4 Å². The summed E-state index contributed by atoms with van der Waals surface area (Å²) in [6.45, 7) is 4.80. The summed E-state index contributed by atoms with van der Waals surface area (Å²) in [4.78, 5) is 2.45. The van der Waals surface area contributed by atoms with Gasteiger partial charge in [-0.2, -0.15) is 0 Å². The molecule has 2 aliphatic carbocycles. The third kappa shape index (κ3) is 6.12. The van der Waals surface area contributed by atoms with Crippen LogP contribution in [-0.2, 0) is 10.8 Å². The molecule has 0 saturated carbocycles. The van der Waals surface area contributed by atoms with Crippen LogP contribution in [0.1, 0.15) is 47.2 Å². The zero-order chi connectivity index (χ0) is 49.1. The maximum Gasteiger partial charge on any atom is 0.0714 e. The summed E-state index contributed by atoms with van der Waals surface area (Å²) in [5, 5.41) is 7.40. The number of hydrogen-bond acceptors (Lipinski definition) is 1. The molecular formula is C72H50N2. The molecule has 2 aliphatic rings. The van der Waals surface area contributed by atoms with Crippen molar-refractivity contribution in [1.82, 2.24) is 4.57 Å². The van der Waals surface area contributed by atoms with Gasteiger partial charge in [-0.1, -0.05) is 214 Å². The molecule has 0 saturated heterocycles. The summed E-state index contributed by atoms with van der Waals surface area (Å²) in [5.74, 6) is 0. The number of aromatic nitrogens is 1. The van der Waals surface area contributed by atoms with E-state index in [1.807, 2.05) is 0 Å². The van der Waals surface area contributed by atoms with E-state index >= 15 is 0 Å². The first kappa shape index (κ1) is 42.4. The SMILES string of the molecule is CC1(C)c2cc(-c3ccc4c(c3)c3ccccc3n4-c3ccc4c(c3)C(c3ccccc3)(c3ccccc3)c3ccccc3-4)ccc2-c2ccc(N(c3ccc4ccccc4c3)c3cccc4ccccc34)cc21. The first-order valence-corrected chi connectivity index (χ1v) is 25.9. The van der Waals surface area contributed by atoms with Gasteiger partial charge in [-0.05, 0) is 150 Å². The first-order chi connectivity index (χ1) is 36.4. The predicted octanol–water partition coefficient (Wildman–Crippen LogP) is 18.9. The topological polar surface area (TPSA) is 8.17 Å². The second-order valence-electron chi connectivity index (χ2n) is 20.8. The highest BCUT2D eigenvalue weighted by Crippen LogP contribution is 2.57. The average Bonchev–Trinajstić information content (AvgIpc) is 4.04. The molecule has 0 bridgehead atoms. The van der Waals surface area contributed by atoms with Crippen molar-refractivity contribution < 1.29 is 0 Å². The molecule has 0 unspecified atom stereocenters. The molecule has 0 atom stereocenters. The zero-order valence-electron chi connectivity index (χ0n) is 41.3. The molecule has 12 aromatic carbocycles. The van der Waals surface area contributed by atoms with Crippen molar-refractivity contribution in [1.29, 1.82) is 0 Å². The molecular weight excluding hydrogens is 893 g/mol.